The summed E-state index contributed by atoms with van der Waals surface area (Å²) in [4.78, 5) is 2.13. The van der Waals surface area contributed by atoms with Crippen LogP contribution in [0.4, 0.5) is 0 Å². The quantitative estimate of drug-likeness (QED) is 0.395. The van der Waals surface area contributed by atoms with E-state index in [1.54, 1.807) is 0 Å². The molecule has 1 rings (SSSR count). The Balaban J connectivity index is 0. The maximum Gasteiger partial charge on any atom is 2.00 e. The molecule has 1 aromatic rings. The van der Waals surface area contributed by atoms with Crippen LogP contribution < -0.4 is 12.4 Å². The third kappa shape index (κ3) is 5.83. The minimum Gasteiger partial charge on any atom is -1.00 e. The zero-order valence-electron chi connectivity index (χ0n) is 7.55. The summed E-state index contributed by atoms with van der Waals surface area (Å²) in [5.74, 6) is 0. The molecule has 3 heteroatoms. The van der Waals surface area contributed by atoms with Crippen LogP contribution in [0.5, 0.6) is 0 Å². The number of rotatable bonds is 2. The van der Waals surface area contributed by atoms with Crippen molar-refractivity contribution >= 4 is 23.1 Å². The fourth-order valence-electron chi connectivity index (χ4n) is 0.870. The topological polar surface area (TPSA) is 3.24 Å². The second-order valence-corrected chi connectivity index (χ2v) is 2.63. The Bertz CT molecular complexity index is 189. The number of hydrogen-bond acceptors (Lipinski definition) is 1. The van der Waals surface area contributed by atoms with Crippen LogP contribution in [0.15, 0.2) is 24.3 Å². The number of nitrogens with zero attached hydrogens (tertiary/aromatic N) is 1. The molecule has 0 N–H and O–H groups in total. The van der Waals surface area contributed by atoms with Crippen molar-refractivity contribution < 1.29 is 12.4 Å². The van der Waals surface area contributed by atoms with E-state index in [2.05, 4.69) is 31.1 Å². The molecule has 0 atom stereocenters. The van der Waals surface area contributed by atoms with E-state index in [-0.39, 0.29) is 35.5 Å². The van der Waals surface area contributed by atoms with Crippen LogP contribution in [-0.4, -0.2) is 42.0 Å². The summed E-state index contributed by atoms with van der Waals surface area (Å²) in [6.45, 7) is 0.973. The van der Waals surface area contributed by atoms with E-state index in [4.69, 9.17) is 0 Å². The first kappa shape index (κ1) is 14.7. The number of hydrogen-bond donors (Lipinski definition) is 0. The minimum atomic E-state index is 0. The Kier molecular flexibility index (Phi) is 9.66. The van der Waals surface area contributed by atoms with Crippen molar-refractivity contribution in [3.05, 3.63) is 35.9 Å². The molecule has 0 saturated carbocycles. The Hall–Kier alpha value is 0.236. The average Bonchev–Trinajstić information content (AvgIpc) is 1.88. The molecule has 0 heterocycles. The fourth-order valence-corrected chi connectivity index (χ4v) is 0.870. The summed E-state index contributed by atoms with van der Waals surface area (Å²) in [6, 6.07) is 11.2. The van der Waals surface area contributed by atoms with E-state index in [1.807, 2.05) is 18.2 Å². The molecule has 0 fully saturated rings. The summed E-state index contributed by atoms with van der Waals surface area (Å²) in [6.07, 6.45) is 0. The van der Waals surface area contributed by atoms with Crippen LogP contribution in [0.2, 0.25) is 0 Å². The molecule has 0 aromatic heterocycles. The average molecular weight is 194 g/mol. The molecule has 0 bridgehead atoms. The first-order chi connectivity index (χ1) is 4.79. The van der Waals surface area contributed by atoms with Crippen molar-refractivity contribution in [3.8, 4) is 0 Å². The molecule has 62 valence electrons. The maximum absolute atomic E-state index is 3.16. The minimum absolute atomic E-state index is 0. The van der Waals surface area contributed by atoms with Gasteiger partial charge in [0.2, 0.25) is 0 Å². The van der Waals surface area contributed by atoms with Gasteiger partial charge in [-0.25, -0.2) is 0 Å². The van der Waals surface area contributed by atoms with Gasteiger partial charge in [-0.1, -0.05) is 0 Å². The van der Waals surface area contributed by atoms with Gasteiger partial charge in [0.15, 0.2) is 0 Å². The zero-order valence-corrected chi connectivity index (χ0v) is 9.72. The Morgan fingerprint density at radius 2 is 2.00 bits per heavy atom. The summed E-state index contributed by atoms with van der Waals surface area (Å²) in [7, 11) is 4.11. The van der Waals surface area contributed by atoms with Gasteiger partial charge in [-0.15, -0.1) is 5.56 Å². The van der Waals surface area contributed by atoms with Gasteiger partial charge in [0.25, 0.3) is 0 Å². The standard InChI is InChI=1S/C9H12N.ClH.Mg/c1-10(2)8-9-6-4-3-5-7-9;;/h3-6H,8H2,1-2H3;1H;/q-1;;+2/p-1. The van der Waals surface area contributed by atoms with Gasteiger partial charge in [-0.05, 0) is 14.1 Å². The van der Waals surface area contributed by atoms with Crippen LogP contribution in [0.25, 0.3) is 0 Å². The molecule has 0 radical (unpaired) electrons. The first-order valence-electron chi connectivity index (χ1n) is 3.39. The van der Waals surface area contributed by atoms with E-state index in [1.165, 1.54) is 5.56 Å². The van der Waals surface area contributed by atoms with Gasteiger partial charge < -0.3 is 17.3 Å². The van der Waals surface area contributed by atoms with Gasteiger partial charge in [-0.3, -0.25) is 0 Å². The van der Waals surface area contributed by atoms with Gasteiger partial charge in [0.1, 0.15) is 0 Å². The van der Waals surface area contributed by atoms with Crippen molar-refractivity contribution in [1.29, 1.82) is 0 Å². The molecular weight excluding hydrogens is 182 g/mol. The molecule has 0 aliphatic carbocycles. The smallest absolute Gasteiger partial charge is 1.00 e. The number of halogens is 1. The van der Waals surface area contributed by atoms with Crippen molar-refractivity contribution in [1.82, 2.24) is 4.90 Å². The normalized spacial score (nSPS) is 8.58. The predicted molar refractivity (Wildman–Crippen MR) is 48.4 cm³/mol. The van der Waals surface area contributed by atoms with Gasteiger partial charge in [-0.2, -0.15) is 30.3 Å². The molecule has 0 amide bonds. The number of benzene rings is 1. The van der Waals surface area contributed by atoms with Crippen LogP contribution in [-0.2, 0) is 6.54 Å². The largest absolute Gasteiger partial charge is 2.00 e. The molecule has 1 aromatic carbocycles. The molecule has 1 nitrogen and oxygen atoms in total. The Morgan fingerprint density at radius 3 is 2.42 bits per heavy atom. The monoisotopic (exact) mass is 193 g/mol. The second kappa shape index (κ2) is 7.86. The van der Waals surface area contributed by atoms with Crippen molar-refractivity contribution in [3.63, 3.8) is 0 Å². The SMILES string of the molecule is CN(C)Cc1[c-]cccc1.[Cl-].[Mg+2]. The van der Waals surface area contributed by atoms with Crippen molar-refractivity contribution in [2.24, 2.45) is 0 Å². The molecule has 0 unspecified atom stereocenters. The zero-order chi connectivity index (χ0) is 7.40. The Labute approximate surface area is 96.7 Å². The molecule has 0 saturated heterocycles. The Morgan fingerprint density at radius 1 is 1.33 bits per heavy atom. The molecular formula is C9H12ClMgN. The third-order valence-electron chi connectivity index (χ3n) is 1.26. The van der Waals surface area contributed by atoms with Gasteiger partial charge >= 0.3 is 23.1 Å². The van der Waals surface area contributed by atoms with Crippen molar-refractivity contribution in [2.45, 2.75) is 6.54 Å². The summed E-state index contributed by atoms with van der Waals surface area (Å²) in [5, 5.41) is 0. The molecule has 12 heavy (non-hydrogen) atoms. The molecule has 0 spiro atoms. The van der Waals surface area contributed by atoms with Crippen LogP contribution in [0, 0.1) is 6.07 Å². The molecule has 0 aliphatic rings. The van der Waals surface area contributed by atoms with Crippen molar-refractivity contribution in [2.75, 3.05) is 14.1 Å². The summed E-state index contributed by atoms with van der Waals surface area (Å²) < 4.78 is 0. The van der Waals surface area contributed by atoms with E-state index in [0.29, 0.717) is 0 Å². The van der Waals surface area contributed by atoms with E-state index in [9.17, 15) is 0 Å². The summed E-state index contributed by atoms with van der Waals surface area (Å²) in [5.41, 5.74) is 1.24. The second-order valence-electron chi connectivity index (χ2n) is 2.63. The van der Waals surface area contributed by atoms with Gasteiger partial charge in [0.05, 0.1) is 0 Å². The van der Waals surface area contributed by atoms with E-state index in [0.717, 1.165) is 6.54 Å². The van der Waals surface area contributed by atoms with Gasteiger partial charge in [0, 0.05) is 6.54 Å². The van der Waals surface area contributed by atoms with Crippen LogP contribution >= 0.6 is 0 Å². The van der Waals surface area contributed by atoms with Crippen LogP contribution in [0.3, 0.4) is 0 Å². The third-order valence-corrected chi connectivity index (χ3v) is 1.26. The summed E-state index contributed by atoms with van der Waals surface area (Å²) >= 11 is 0. The predicted octanol–water partition coefficient (Wildman–Crippen LogP) is -1.83. The van der Waals surface area contributed by atoms with E-state index >= 15 is 0 Å². The maximum atomic E-state index is 3.16. The fraction of sp³-hybridized carbons (Fsp3) is 0.333. The van der Waals surface area contributed by atoms with Crippen LogP contribution in [0.1, 0.15) is 5.56 Å². The molecule has 0 aliphatic heterocycles. The first-order valence-corrected chi connectivity index (χ1v) is 3.39. The van der Waals surface area contributed by atoms with E-state index < -0.39 is 0 Å².